The maximum atomic E-state index is 12.5. The van der Waals surface area contributed by atoms with Crippen LogP contribution in [0, 0.1) is 6.92 Å². The summed E-state index contributed by atoms with van der Waals surface area (Å²) < 4.78 is 1.97. The molecule has 3 rings (SSSR count). The molecule has 6 heteroatoms. The van der Waals surface area contributed by atoms with Gasteiger partial charge in [-0.25, -0.2) is 4.98 Å². The maximum Gasteiger partial charge on any atom is 0.253 e. The number of carbonyl (C=O) groups is 1. The minimum atomic E-state index is 0.0950. The summed E-state index contributed by atoms with van der Waals surface area (Å²) >= 11 is 6.84. The Bertz CT molecular complexity index is 710. The van der Waals surface area contributed by atoms with Crippen molar-refractivity contribution in [2.45, 2.75) is 6.92 Å². The van der Waals surface area contributed by atoms with E-state index in [0.717, 1.165) is 39.0 Å². The molecule has 0 N–H and O–H groups in total. The average Bonchev–Trinajstić information content (AvgIpc) is 2.55. The molecule has 1 saturated heterocycles. The molecule has 120 valence electrons. The Balaban J connectivity index is 1.66. The Morgan fingerprint density at radius 2 is 1.70 bits per heavy atom. The summed E-state index contributed by atoms with van der Waals surface area (Å²) in [7, 11) is 0. The first kappa shape index (κ1) is 16.5. The topological polar surface area (TPSA) is 36.4 Å². The highest BCUT2D eigenvalue weighted by molar-refractivity contribution is 9.10. The highest BCUT2D eigenvalue weighted by atomic mass is 79.9. The van der Waals surface area contributed by atoms with E-state index in [1.54, 1.807) is 0 Å². The Kier molecular flexibility index (Phi) is 5.02. The van der Waals surface area contributed by atoms with Gasteiger partial charge in [0, 0.05) is 46.9 Å². The molecule has 1 aromatic carbocycles. The normalized spacial score (nSPS) is 14.9. The van der Waals surface area contributed by atoms with Gasteiger partial charge in [0.1, 0.15) is 5.82 Å². The molecule has 0 bridgehead atoms. The molecule has 0 atom stereocenters. The number of rotatable bonds is 2. The molecule has 0 radical (unpaired) electrons. The molecule has 1 aliphatic heterocycles. The molecule has 0 saturated carbocycles. The van der Waals surface area contributed by atoms with Gasteiger partial charge in [-0.3, -0.25) is 4.79 Å². The zero-order valence-corrected chi connectivity index (χ0v) is 16.0. The van der Waals surface area contributed by atoms with Crippen LogP contribution in [0.25, 0.3) is 0 Å². The lowest BCUT2D eigenvalue weighted by molar-refractivity contribution is 0.0746. The van der Waals surface area contributed by atoms with Gasteiger partial charge in [-0.1, -0.05) is 15.9 Å². The lowest BCUT2D eigenvalue weighted by Crippen LogP contribution is -2.49. The third kappa shape index (κ3) is 3.75. The fraction of sp³-hybridized carbons (Fsp3) is 0.294. The number of hydrogen-bond acceptors (Lipinski definition) is 3. The van der Waals surface area contributed by atoms with E-state index in [1.165, 1.54) is 0 Å². The van der Waals surface area contributed by atoms with Gasteiger partial charge in [0.2, 0.25) is 0 Å². The van der Waals surface area contributed by atoms with Gasteiger partial charge in [0.05, 0.1) is 0 Å². The number of carbonyl (C=O) groups excluding carboxylic acids is 1. The highest BCUT2D eigenvalue weighted by Crippen LogP contribution is 2.22. The summed E-state index contributed by atoms with van der Waals surface area (Å²) in [6.45, 7) is 5.10. The van der Waals surface area contributed by atoms with Gasteiger partial charge in [0.25, 0.3) is 5.91 Å². The Morgan fingerprint density at radius 3 is 2.30 bits per heavy atom. The number of anilines is 1. The fourth-order valence-corrected chi connectivity index (χ4v) is 3.47. The molecule has 1 amide bonds. The second-order valence-corrected chi connectivity index (χ2v) is 7.41. The van der Waals surface area contributed by atoms with Crippen LogP contribution in [0.2, 0.25) is 0 Å². The molecule has 2 heterocycles. The van der Waals surface area contributed by atoms with Crippen LogP contribution in [0.15, 0.2) is 45.5 Å². The number of hydrogen-bond donors (Lipinski definition) is 0. The van der Waals surface area contributed by atoms with Crippen molar-refractivity contribution in [2.24, 2.45) is 0 Å². The Morgan fingerprint density at radius 1 is 1.04 bits per heavy atom. The van der Waals surface area contributed by atoms with Gasteiger partial charge < -0.3 is 9.80 Å². The lowest BCUT2D eigenvalue weighted by Gasteiger charge is -2.36. The van der Waals surface area contributed by atoms with Crippen molar-refractivity contribution in [2.75, 3.05) is 31.1 Å². The summed E-state index contributed by atoms with van der Waals surface area (Å²) in [6.07, 6.45) is 1.82. The molecule has 23 heavy (non-hydrogen) atoms. The largest absolute Gasteiger partial charge is 0.353 e. The van der Waals surface area contributed by atoms with Gasteiger partial charge in [0.15, 0.2) is 0 Å². The molecular formula is C17H17Br2N3O. The maximum absolute atomic E-state index is 12.5. The first-order chi connectivity index (χ1) is 11.0. The third-order valence-corrected chi connectivity index (χ3v) is 4.94. The zero-order valence-electron chi connectivity index (χ0n) is 12.8. The van der Waals surface area contributed by atoms with E-state index in [1.807, 2.05) is 35.4 Å². The van der Waals surface area contributed by atoms with Crippen LogP contribution in [-0.2, 0) is 0 Å². The second kappa shape index (κ2) is 7.01. The van der Waals surface area contributed by atoms with Crippen LogP contribution < -0.4 is 4.90 Å². The zero-order chi connectivity index (χ0) is 16.4. The number of nitrogens with zero attached hydrogens (tertiary/aromatic N) is 3. The summed E-state index contributed by atoms with van der Waals surface area (Å²) in [4.78, 5) is 21.2. The third-order valence-electron chi connectivity index (χ3n) is 3.97. The first-order valence-electron chi connectivity index (χ1n) is 7.46. The highest BCUT2D eigenvalue weighted by Gasteiger charge is 2.23. The SMILES string of the molecule is Cc1cc(Br)cnc1N1CCN(C(=O)c2ccc(Br)cc2)CC1. The number of benzene rings is 1. The van der Waals surface area contributed by atoms with Crippen molar-refractivity contribution in [3.63, 3.8) is 0 Å². The first-order valence-corrected chi connectivity index (χ1v) is 9.05. The minimum Gasteiger partial charge on any atom is -0.353 e. The van der Waals surface area contributed by atoms with Crippen LogP contribution in [0.5, 0.6) is 0 Å². The van der Waals surface area contributed by atoms with Crippen LogP contribution in [0.4, 0.5) is 5.82 Å². The number of amides is 1. The van der Waals surface area contributed by atoms with E-state index < -0.39 is 0 Å². The van der Waals surface area contributed by atoms with Crippen LogP contribution in [0.1, 0.15) is 15.9 Å². The van der Waals surface area contributed by atoms with Gasteiger partial charge in [-0.15, -0.1) is 0 Å². The number of aryl methyl sites for hydroxylation is 1. The molecule has 1 aromatic heterocycles. The van der Waals surface area contributed by atoms with Crippen molar-refractivity contribution in [1.29, 1.82) is 0 Å². The predicted octanol–water partition coefficient (Wildman–Crippen LogP) is 3.88. The minimum absolute atomic E-state index is 0.0950. The van der Waals surface area contributed by atoms with Crippen LogP contribution >= 0.6 is 31.9 Å². The molecule has 0 spiro atoms. The monoisotopic (exact) mass is 437 g/mol. The van der Waals surface area contributed by atoms with Crippen molar-refractivity contribution in [3.05, 3.63) is 56.6 Å². The van der Waals surface area contributed by atoms with Crippen molar-refractivity contribution < 1.29 is 4.79 Å². The van der Waals surface area contributed by atoms with Crippen molar-refractivity contribution >= 4 is 43.6 Å². The van der Waals surface area contributed by atoms with E-state index in [4.69, 9.17) is 0 Å². The summed E-state index contributed by atoms with van der Waals surface area (Å²) in [5.74, 6) is 1.10. The molecule has 4 nitrogen and oxygen atoms in total. The van der Waals surface area contributed by atoms with Gasteiger partial charge in [-0.05, 0) is 58.7 Å². The van der Waals surface area contributed by atoms with E-state index in [-0.39, 0.29) is 5.91 Å². The van der Waals surface area contributed by atoms with Crippen LogP contribution in [0.3, 0.4) is 0 Å². The number of piperazine rings is 1. The van der Waals surface area contributed by atoms with Gasteiger partial charge >= 0.3 is 0 Å². The molecular weight excluding hydrogens is 422 g/mol. The Labute approximate surface area is 152 Å². The fourth-order valence-electron chi connectivity index (χ4n) is 2.76. The van der Waals surface area contributed by atoms with Crippen molar-refractivity contribution in [3.8, 4) is 0 Å². The van der Waals surface area contributed by atoms with Crippen molar-refractivity contribution in [1.82, 2.24) is 9.88 Å². The van der Waals surface area contributed by atoms with E-state index in [0.29, 0.717) is 13.1 Å². The van der Waals surface area contributed by atoms with E-state index >= 15 is 0 Å². The molecule has 1 fully saturated rings. The summed E-state index contributed by atoms with van der Waals surface area (Å²) in [5, 5.41) is 0. The molecule has 0 aliphatic carbocycles. The standard InChI is InChI=1S/C17H17Br2N3O/c1-12-10-15(19)11-20-16(12)21-6-8-22(9-7-21)17(23)13-2-4-14(18)5-3-13/h2-5,10-11H,6-9H2,1H3. The average molecular weight is 439 g/mol. The van der Waals surface area contributed by atoms with E-state index in [9.17, 15) is 4.79 Å². The number of aromatic nitrogens is 1. The molecule has 1 aliphatic rings. The van der Waals surface area contributed by atoms with E-state index in [2.05, 4.69) is 54.7 Å². The molecule has 0 unspecified atom stereocenters. The second-order valence-electron chi connectivity index (χ2n) is 5.58. The lowest BCUT2D eigenvalue weighted by atomic mass is 10.1. The predicted molar refractivity (Wildman–Crippen MR) is 98.9 cm³/mol. The van der Waals surface area contributed by atoms with Crippen LogP contribution in [-0.4, -0.2) is 42.0 Å². The quantitative estimate of drug-likeness (QED) is 0.713. The summed E-state index contributed by atoms with van der Waals surface area (Å²) in [6, 6.07) is 9.59. The summed E-state index contributed by atoms with van der Waals surface area (Å²) in [5.41, 5.74) is 1.88. The molecule has 2 aromatic rings. The number of pyridine rings is 1. The Hall–Kier alpha value is -1.40. The number of halogens is 2. The smallest absolute Gasteiger partial charge is 0.253 e. The van der Waals surface area contributed by atoms with Gasteiger partial charge in [-0.2, -0.15) is 0 Å².